The van der Waals surface area contributed by atoms with E-state index in [1.165, 1.54) is 5.56 Å². The lowest BCUT2D eigenvalue weighted by molar-refractivity contribution is -0.132. The molecule has 0 bridgehead atoms. The van der Waals surface area contributed by atoms with Crippen LogP contribution in [-0.2, 0) is 11.2 Å². The second-order valence-corrected chi connectivity index (χ2v) is 8.86. The number of rotatable bonds is 6. The minimum absolute atomic E-state index is 0.190. The summed E-state index contributed by atoms with van der Waals surface area (Å²) in [6.07, 6.45) is 3.28. The molecule has 2 nitrogen and oxygen atoms in total. The number of carbonyl (C=O) groups excluding carboxylic acids is 1. The van der Waals surface area contributed by atoms with Crippen molar-refractivity contribution in [1.82, 2.24) is 4.90 Å². The summed E-state index contributed by atoms with van der Waals surface area (Å²) in [5.74, 6) is 0.904. The third kappa shape index (κ3) is 5.30. The maximum absolute atomic E-state index is 13.5. The molecule has 1 aliphatic rings. The standard InChI is InChI=1S/C26H27NOS/c28-26(27-18-16-22(17-19-27)20-21-10-4-1-5-11-21)25(23-12-6-2-7-13-23)29-24-14-8-3-9-15-24/h1-15,22,25H,16-20H2/t25-/m0/s1. The van der Waals surface area contributed by atoms with Crippen molar-refractivity contribution in [2.24, 2.45) is 5.92 Å². The van der Waals surface area contributed by atoms with E-state index in [0.717, 1.165) is 42.8 Å². The normalized spacial score (nSPS) is 15.8. The fourth-order valence-corrected chi connectivity index (χ4v) is 5.12. The van der Waals surface area contributed by atoms with Gasteiger partial charge in [0.05, 0.1) is 0 Å². The van der Waals surface area contributed by atoms with Crippen LogP contribution in [0.15, 0.2) is 95.9 Å². The summed E-state index contributed by atoms with van der Waals surface area (Å²) in [4.78, 5) is 16.7. The summed E-state index contributed by atoms with van der Waals surface area (Å²) in [5.41, 5.74) is 2.48. The average Bonchev–Trinajstić information content (AvgIpc) is 2.79. The Balaban J connectivity index is 1.43. The molecule has 0 spiro atoms. The van der Waals surface area contributed by atoms with Crippen LogP contribution in [0.4, 0.5) is 0 Å². The average molecular weight is 402 g/mol. The highest BCUT2D eigenvalue weighted by Gasteiger charge is 2.30. The topological polar surface area (TPSA) is 20.3 Å². The number of likely N-dealkylation sites (tertiary alicyclic amines) is 1. The third-order valence-corrected chi connectivity index (χ3v) is 6.87. The summed E-state index contributed by atoms with van der Waals surface area (Å²) < 4.78 is 0. The van der Waals surface area contributed by atoms with Crippen molar-refractivity contribution in [2.75, 3.05) is 13.1 Å². The summed E-state index contributed by atoms with van der Waals surface area (Å²) in [6.45, 7) is 1.71. The Kier molecular flexibility index (Phi) is 6.68. The first-order valence-electron chi connectivity index (χ1n) is 10.4. The highest BCUT2D eigenvalue weighted by molar-refractivity contribution is 8.00. The Morgan fingerprint density at radius 2 is 1.38 bits per heavy atom. The van der Waals surface area contributed by atoms with Gasteiger partial charge in [-0.05, 0) is 48.4 Å². The van der Waals surface area contributed by atoms with Gasteiger partial charge in [0.15, 0.2) is 0 Å². The van der Waals surface area contributed by atoms with Crippen molar-refractivity contribution >= 4 is 17.7 Å². The van der Waals surface area contributed by atoms with Gasteiger partial charge in [-0.3, -0.25) is 4.79 Å². The minimum Gasteiger partial charge on any atom is -0.341 e. The number of piperidine rings is 1. The van der Waals surface area contributed by atoms with E-state index in [9.17, 15) is 4.79 Å². The molecule has 1 amide bonds. The molecule has 1 aliphatic heterocycles. The molecule has 3 aromatic carbocycles. The first-order chi connectivity index (χ1) is 14.3. The molecule has 0 N–H and O–H groups in total. The van der Waals surface area contributed by atoms with Crippen LogP contribution in [0.3, 0.4) is 0 Å². The molecule has 0 radical (unpaired) electrons. The van der Waals surface area contributed by atoms with Crippen molar-refractivity contribution in [3.8, 4) is 0 Å². The molecule has 1 saturated heterocycles. The van der Waals surface area contributed by atoms with Crippen LogP contribution in [0.1, 0.15) is 29.2 Å². The van der Waals surface area contributed by atoms with Gasteiger partial charge in [-0.15, -0.1) is 11.8 Å². The van der Waals surface area contributed by atoms with Crippen molar-refractivity contribution in [2.45, 2.75) is 29.4 Å². The van der Waals surface area contributed by atoms with Crippen molar-refractivity contribution < 1.29 is 4.79 Å². The van der Waals surface area contributed by atoms with E-state index in [0.29, 0.717) is 5.92 Å². The zero-order chi connectivity index (χ0) is 19.9. The molecule has 1 atom stereocenters. The van der Waals surface area contributed by atoms with E-state index in [-0.39, 0.29) is 11.2 Å². The summed E-state index contributed by atoms with van der Waals surface area (Å²) in [7, 11) is 0. The smallest absolute Gasteiger partial charge is 0.240 e. The third-order valence-electron chi connectivity index (χ3n) is 5.62. The number of carbonyl (C=O) groups is 1. The predicted molar refractivity (Wildman–Crippen MR) is 121 cm³/mol. The molecular weight excluding hydrogens is 374 g/mol. The van der Waals surface area contributed by atoms with Gasteiger partial charge < -0.3 is 4.90 Å². The largest absolute Gasteiger partial charge is 0.341 e. The van der Waals surface area contributed by atoms with Crippen LogP contribution >= 0.6 is 11.8 Å². The molecule has 0 aliphatic carbocycles. The van der Waals surface area contributed by atoms with Gasteiger partial charge in [-0.25, -0.2) is 0 Å². The zero-order valence-corrected chi connectivity index (χ0v) is 17.4. The number of amides is 1. The lowest BCUT2D eigenvalue weighted by Crippen LogP contribution is -2.40. The number of benzene rings is 3. The van der Waals surface area contributed by atoms with Crippen LogP contribution in [0.2, 0.25) is 0 Å². The fraction of sp³-hybridized carbons (Fsp3) is 0.269. The quantitative estimate of drug-likeness (QED) is 0.472. The number of nitrogens with zero attached hydrogens (tertiary/aromatic N) is 1. The fourth-order valence-electron chi connectivity index (χ4n) is 3.99. The number of thioether (sulfide) groups is 1. The molecule has 1 fully saturated rings. The van der Waals surface area contributed by atoms with E-state index in [2.05, 4.69) is 59.5 Å². The van der Waals surface area contributed by atoms with Gasteiger partial charge in [0.1, 0.15) is 5.25 Å². The number of hydrogen-bond donors (Lipinski definition) is 0. The van der Waals surface area contributed by atoms with E-state index in [1.807, 2.05) is 36.4 Å². The predicted octanol–water partition coefficient (Wildman–Crippen LogP) is 6.00. The van der Waals surface area contributed by atoms with Crippen molar-refractivity contribution in [1.29, 1.82) is 0 Å². The highest BCUT2D eigenvalue weighted by Crippen LogP contribution is 2.37. The highest BCUT2D eigenvalue weighted by atomic mass is 32.2. The SMILES string of the molecule is O=C([C@@H](Sc1ccccc1)c1ccccc1)N1CCC(Cc2ccccc2)CC1. The second-order valence-electron chi connectivity index (χ2n) is 7.68. The summed E-state index contributed by atoms with van der Waals surface area (Å²) in [6, 6.07) is 31.1. The minimum atomic E-state index is -0.190. The molecular formula is C26H27NOS. The van der Waals surface area contributed by atoms with Crippen LogP contribution < -0.4 is 0 Å². The molecule has 29 heavy (non-hydrogen) atoms. The first-order valence-corrected chi connectivity index (χ1v) is 11.3. The van der Waals surface area contributed by atoms with Gasteiger partial charge in [0.25, 0.3) is 0 Å². The van der Waals surface area contributed by atoms with Gasteiger partial charge in [-0.1, -0.05) is 78.9 Å². The zero-order valence-electron chi connectivity index (χ0n) is 16.6. The van der Waals surface area contributed by atoms with Crippen LogP contribution in [0.25, 0.3) is 0 Å². The molecule has 0 aromatic heterocycles. The van der Waals surface area contributed by atoms with Crippen LogP contribution in [0, 0.1) is 5.92 Å². The van der Waals surface area contributed by atoms with E-state index in [1.54, 1.807) is 11.8 Å². The molecule has 1 heterocycles. The molecule has 0 unspecified atom stereocenters. The Labute approximate surface area is 178 Å². The van der Waals surface area contributed by atoms with Gasteiger partial charge in [0.2, 0.25) is 5.91 Å². The maximum atomic E-state index is 13.5. The van der Waals surface area contributed by atoms with Crippen LogP contribution in [-0.4, -0.2) is 23.9 Å². The monoisotopic (exact) mass is 401 g/mol. The van der Waals surface area contributed by atoms with Gasteiger partial charge in [0, 0.05) is 18.0 Å². The lowest BCUT2D eigenvalue weighted by atomic mass is 9.90. The van der Waals surface area contributed by atoms with E-state index >= 15 is 0 Å². The second kappa shape index (κ2) is 9.80. The summed E-state index contributed by atoms with van der Waals surface area (Å²) >= 11 is 1.66. The van der Waals surface area contributed by atoms with Gasteiger partial charge >= 0.3 is 0 Å². The van der Waals surface area contributed by atoms with E-state index < -0.39 is 0 Å². The Hall–Kier alpha value is -2.52. The summed E-state index contributed by atoms with van der Waals surface area (Å²) in [5, 5.41) is -0.190. The van der Waals surface area contributed by atoms with Crippen LogP contribution in [0.5, 0.6) is 0 Å². The maximum Gasteiger partial charge on any atom is 0.240 e. The molecule has 3 aromatic rings. The Morgan fingerprint density at radius 3 is 2.00 bits per heavy atom. The van der Waals surface area contributed by atoms with E-state index in [4.69, 9.17) is 0 Å². The number of hydrogen-bond acceptors (Lipinski definition) is 2. The first kappa shape index (κ1) is 19.8. The lowest BCUT2D eigenvalue weighted by Gasteiger charge is -2.34. The van der Waals surface area contributed by atoms with Crippen molar-refractivity contribution in [3.63, 3.8) is 0 Å². The Bertz CT molecular complexity index is 890. The molecule has 4 rings (SSSR count). The molecule has 0 saturated carbocycles. The molecule has 148 valence electrons. The molecule has 3 heteroatoms. The Morgan fingerprint density at radius 1 is 0.828 bits per heavy atom. The van der Waals surface area contributed by atoms with Crippen molar-refractivity contribution in [3.05, 3.63) is 102 Å². The van der Waals surface area contributed by atoms with Gasteiger partial charge in [-0.2, -0.15) is 0 Å².